The van der Waals surface area contributed by atoms with Crippen LogP contribution >= 0.6 is 0 Å². The molecule has 0 spiro atoms. The van der Waals surface area contributed by atoms with E-state index in [-0.39, 0.29) is 34.2 Å². The number of hydrogen-bond acceptors (Lipinski definition) is 6. The maximum Gasteiger partial charge on any atom is 0.253 e. The average Bonchev–Trinajstić information content (AvgIpc) is 3.22. The predicted octanol–water partition coefficient (Wildman–Crippen LogP) is 5.98. The van der Waals surface area contributed by atoms with Gasteiger partial charge in [0.2, 0.25) is 0 Å². The Morgan fingerprint density at radius 2 is 1.92 bits per heavy atom. The first-order chi connectivity index (χ1) is 17.1. The van der Waals surface area contributed by atoms with Crippen molar-refractivity contribution in [1.29, 1.82) is 5.53 Å². The van der Waals surface area contributed by atoms with Gasteiger partial charge in [-0.1, -0.05) is 19.9 Å². The second-order valence-electron chi connectivity index (χ2n) is 10.2. The molecule has 2 bridgehead atoms. The fourth-order valence-corrected chi connectivity index (χ4v) is 6.25. The van der Waals surface area contributed by atoms with E-state index in [0.717, 1.165) is 24.1 Å². The van der Waals surface area contributed by atoms with Crippen molar-refractivity contribution in [3.63, 3.8) is 0 Å². The van der Waals surface area contributed by atoms with Gasteiger partial charge in [-0.25, -0.2) is 14.3 Å². The molecule has 0 radical (unpaired) electrons. The zero-order valence-electron chi connectivity index (χ0n) is 20.5. The number of carbonyl (C=O) groups excluding carboxylic acids is 1. The zero-order valence-corrected chi connectivity index (χ0v) is 20.5. The summed E-state index contributed by atoms with van der Waals surface area (Å²) in [4.78, 5) is 15.3. The minimum atomic E-state index is -0.675. The van der Waals surface area contributed by atoms with Gasteiger partial charge in [0.25, 0.3) is 5.91 Å². The Balaban J connectivity index is 1.54. The molecule has 2 aliphatic rings. The van der Waals surface area contributed by atoms with Crippen molar-refractivity contribution in [3.8, 4) is 11.3 Å². The van der Waals surface area contributed by atoms with Gasteiger partial charge in [-0.2, -0.15) is 15.3 Å². The van der Waals surface area contributed by atoms with Gasteiger partial charge in [0.15, 0.2) is 0 Å². The van der Waals surface area contributed by atoms with E-state index in [2.05, 4.69) is 29.2 Å². The van der Waals surface area contributed by atoms with E-state index >= 15 is 0 Å². The molecular weight excluding hydrogens is 462 g/mol. The molecule has 1 heterocycles. The third-order valence-electron chi connectivity index (χ3n) is 8.36. The molecule has 186 valence electrons. The van der Waals surface area contributed by atoms with Gasteiger partial charge in [-0.3, -0.25) is 4.79 Å². The number of fused-ring (bicyclic) bond motifs is 5. The summed E-state index contributed by atoms with van der Waals surface area (Å²) in [6.07, 6.45) is 1.72. The highest BCUT2D eigenvalue weighted by Crippen LogP contribution is 2.67. The van der Waals surface area contributed by atoms with Crippen molar-refractivity contribution in [1.82, 2.24) is 15.1 Å². The average molecular weight is 491 g/mol. The van der Waals surface area contributed by atoms with Crippen LogP contribution in [0.25, 0.3) is 11.3 Å². The highest BCUT2D eigenvalue weighted by molar-refractivity contribution is 5.96. The Kier molecular flexibility index (Phi) is 5.61. The van der Waals surface area contributed by atoms with Gasteiger partial charge in [0.1, 0.15) is 17.3 Å². The first kappa shape index (κ1) is 24.0. The molecule has 7 nitrogen and oxygen atoms in total. The van der Waals surface area contributed by atoms with Crippen LogP contribution in [-0.4, -0.2) is 34.1 Å². The number of carbonyl (C=O) groups is 1. The van der Waals surface area contributed by atoms with Crippen LogP contribution in [0, 0.1) is 22.6 Å². The number of benzene rings is 2. The lowest BCUT2D eigenvalue weighted by Gasteiger charge is -2.41. The monoisotopic (exact) mass is 490 g/mol. The van der Waals surface area contributed by atoms with Crippen molar-refractivity contribution in [2.24, 2.45) is 10.5 Å². The van der Waals surface area contributed by atoms with Crippen molar-refractivity contribution in [2.45, 2.75) is 44.9 Å². The standard InChI is InChI=1S/C27H28F2N6O/c1-4-35(25(36)15-8-9-20(30)21(12-15)32-31)14-27-11-10-17(26(27,2)3)16-13-22(33-34-24(16)27)23-18(28)6-5-7-19(23)29/h5-9,12-13,17,31H,4,10-11,14,30H2,1-3H3/t17-,27-/m0/s1. The second kappa shape index (κ2) is 8.43. The number of nitrogens with one attached hydrogen (secondary N) is 1. The largest absolute Gasteiger partial charge is 0.397 e. The number of aromatic nitrogens is 2. The van der Waals surface area contributed by atoms with Gasteiger partial charge in [0.05, 0.1) is 22.6 Å². The smallest absolute Gasteiger partial charge is 0.253 e. The predicted molar refractivity (Wildman–Crippen MR) is 132 cm³/mol. The molecule has 5 rings (SSSR count). The van der Waals surface area contributed by atoms with Crippen LogP contribution in [-0.2, 0) is 5.41 Å². The zero-order chi connectivity index (χ0) is 25.8. The maximum atomic E-state index is 14.5. The van der Waals surface area contributed by atoms with E-state index in [1.165, 1.54) is 24.3 Å². The van der Waals surface area contributed by atoms with Crippen molar-refractivity contribution in [3.05, 3.63) is 70.9 Å². The lowest BCUT2D eigenvalue weighted by Crippen LogP contribution is -2.48. The van der Waals surface area contributed by atoms with Crippen LogP contribution in [0.15, 0.2) is 47.6 Å². The van der Waals surface area contributed by atoms with Gasteiger partial charge in [0, 0.05) is 24.1 Å². The van der Waals surface area contributed by atoms with E-state index < -0.39 is 17.0 Å². The van der Waals surface area contributed by atoms with Crippen molar-refractivity contribution < 1.29 is 13.6 Å². The van der Waals surface area contributed by atoms with Crippen LogP contribution in [0.3, 0.4) is 0 Å². The molecule has 3 N–H and O–H groups in total. The Bertz CT molecular complexity index is 1370. The van der Waals surface area contributed by atoms with E-state index in [1.807, 2.05) is 6.92 Å². The number of rotatable bonds is 6. The number of nitrogens with zero attached hydrogens (tertiary/aromatic N) is 4. The molecule has 0 aliphatic heterocycles. The molecule has 1 aromatic heterocycles. The maximum absolute atomic E-state index is 14.5. The molecule has 2 atom stereocenters. The second-order valence-corrected chi connectivity index (χ2v) is 10.2. The highest BCUT2D eigenvalue weighted by atomic mass is 19.1. The summed E-state index contributed by atoms with van der Waals surface area (Å²) in [5, 5.41) is 12.2. The van der Waals surface area contributed by atoms with Crippen LogP contribution < -0.4 is 5.73 Å². The van der Waals surface area contributed by atoms with E-state index in [1.54, 1.807) is 23.1 Å². The molecule has 2 aromatic carbocycles. The number of hydrogen-bond donors (Lipinski definition) is 2. The summed E-state index contributed by atoms with van der Waals surface area (Å²) in [6, 6.07) is 10.3. The summed E-state index contributed by atoms with van der Waals surface area (Å²) >= 11 is 0. The van der Waals surface area contributed by atoms with Crippen molar-refractivity contribution >= 4 is 17.3 Å². The molecule has 2 aliphatic carbocycles. The Morgan fingerprint density at radius 3 is 2.58 bits per heavy atom. The molecule has 9 heteroatoms. The summed E-state index contributed by atoms with van der Waals surface area (Å²) in [6.45, 7) is 7.17. The van der Waals surface area contributed by atoms with Gasteiger partial charge >= 0.3 is 0 Å². The summed E-state index contributed by atoms with van der Waals surface area (Å²) < 4.78 is 28.9. The fraction of sp³-hybridized carbons (Fsp3) is 0.370. The Morgan fingerprint density at radius 1 is 1.19 bits per heavy atom. The van der Waals surface area contributed by atoms with Crippen LogP contribution in [0.4, 0.5) is 20.2 Å². The quantitative estimate of drug-likeness (QED) is 0.327. The fourth-order valence-electron chi connectivity index (χ4n) is 6.25. The SMILES string of the molecule is CCN(C[C@@]12CC[C@@H](c3cc(-c4c(F)cccc4F)nnc31)C2(C)C)C(=O)c1ccc(N)c(N=N)c1. The highest BCUT2D eigenvalue weighted by Gasteiger charge is 2.64. The lowest BCUT2D eigenvalue weighted by atomic mass is 9.68. The molecule has 3 aromatic rings. The first-order valence-corrected chi connectivity index (χ1v) is 12.0. The van der Waals surface area contributed by atoms with Crippen LogP contribution in [0.5, 0.6) is 0 Å². The Hall–Kier alpha value is -3.75. The Labute approximate surface area is 208 Å². The summed E-state index contributed by atoms with van der Waals surface area (Å²) in [5.41, 5.74) is 15.2. The number of amides is 1. The molecule has 1 amide bonds. The molecule has 36 heavy (non-hydrogen) atoms. The van der Waals surface area contributed by atoms with Gasteiger partial charge in [-0.05, 0) is 73.1 Å². The minimum absolute atomic E-state index is 0.135. The third-order valence-corrected chi connectivity index (χ3v) is 8.36. The van der Waals surface area contributed by atoms with Crippen molar-refractivity contribution in [2.75, 3.05) is 18.8 Å². The third kappa shape index (κ3) is 3.32. The number of anilines is 1. The topological polar surface area (TPSA) is 108 Å². The van der Waals surface area contributed by atoms with Gasteiger partial charge < -0.3 is 10.6 Å². The molecule has 0 unspecified atom stereocenters. The minimum Gasteiger partial charge on any atom is -0.397 e. The number of likely N-dealkylation sites (N-methyl/N-ethyl adjacent to an activating group) is 1. The molecule has 1 fully saturated rings. The van der Waals surface area contributed by atoms with Gasteiger partial charge in [-0.15, -0.1) is 0 Å². The van der Waals surface area contributed by atoms with E-state index in [0.29, 0.717) is 24.3 Å². The normalized spacial score (nSPS) is 21.3. The number of nitrogen functional groups attached to an aromatic ring is 1. The van der Waals surface area contributed by atoms with Crippen LogP contribution in [0.1, 0.15) is 61.1 Å². The number of halogens is 2. The summed E-state index contributed by atoms with van der Waals surface area (Å²) in [7, 11) is 0. The van der Waals surface area contributed by atoms with E-state index in [9.17, 15) is 13.6 Å². The first-order valence-electron chi connectivity index (χ1n) is 12.0. The van der Waals surface area contributed by atoms with Crippen LogP contribution in [0.2, 0.25) is 0 Å². The number of nitrogens with two attached hydrogens (primary N) is 1. The van der Waals surface area contributed by atoms with E-state index in [4.69, 9.17) is 11.3 Å². The molecule has 0 saturated heterocycles. The molecular formula is C27H28F2N6O. The lowest BCUT2D eigenvalue weighted by molar-refractivity contribution is 0.0652. The summed E-state index contributed by atoms with van der Waals surface area (Å²) in [5.74, 6) is -1.39. The molecule has 1 saturated carbocycles.